The van der Waals surface area contributed by atoms with Crippen molar-refractivity contribution in [1.29, 1.82) is 0 Å². The number of aromatic hydroxyl groups is 2. The summed E-state index contributed by atoms with van der Waals surface area (Å²) in [5.74, 6) is -1.00. The number of benzene rings is 1. The monoisotopic (exact) mass is 203 g/mol. The van der Waals surface area contributed by atoms with Crippen molar-refractivity contribution < 1.29 is 10.2 Å². The van der Waals surface area contributed by atoms with Crippen LogP contribution >= 0.6 is 0 Å². The molecule has 0 aliphatic carbocycles. The summed E-state index contributed by atoms with van der Waals surface area (Å²) >= 11 is 0. The Morgan fingerprint density at radius 3 is 2.60 bits per heavy atom. The molecule has 3 rings (SSSR count). The molecule has 0 aliphatic rings. The molecule has 0 atom stereocenters. The first kappa shape index (κ1) is 7.92. The molecule has 0 saturated heterocycles. The molecule has 3 aromatic rings. The maximum Gasteiger partial charge on any atom is 0.276 e. The predicted octanol–water partition coefficient (Wildman–Crippen LogP) is 0.312. The van der Waals surface area contributed by atoms with Crippen LogP contribution in [-0.4, -0.2) is 35.6 Å². The van der Waals surface area contributed by atoms with Crippen LogP contribution in [0.4, 0.5) is 0 Å². The van der Waals surface area contributed by atoms with E-state index in [9.17, 15) is 10.2 Å². The molecule has 15 heavy (non-hydrogen) atoms. The van der Waals surface area contributed by atoms with Gasteiger partial charge in [0.1, 0.15) is 16.6 Å². The quantitative estimate of drug-likeness (QED) is 0.485. The van der Waals surface area contributed by atoms with Crippen LogP contribution in [0.15, 0.2) is 12.1 Å². The van der Waals surface area contributed by atoms with E-state index in [1.54, 1.807) is 12.1 Å². The van der Waals surface area contributed by atoms with E-state index < -0.39 is 11.8 Å². The number of aromatic nitrogens is 5. The van der Waals surface area contributed by atoms with Crippen molar-refractivity contribution in [2.45, 2.75) is 0 Å². The van der Waals surface area contributed by atoms with E-state index in [0.29, 0.717) is 22.1 Å². The summed E-state index contributed by atoms with van der Waals surface area (Å²) in [7, 11) is 0. The van der Waals surface area contributed by atoms with Gasteiger partial charge in [-0.15, -0.1) is 5.10 Å². The van der Waals surface area contributed by atoms with Gasteiger partial charge in [0.25, 0.3) is 11.8 Å². The highest BCUT2D eigenvalue weighted by Crippen LogP contribution is 2.25. The van der Waals surface area contributed by atoms with Gasteiger partial charge in [-0.25, -0.2) is 9.97 Å². The smallest absolute Gasteiger partial charge is 0.276 e. The molecule has 0 unspecified atom stereocenters. The number of rotatable bonds is 0. The second-order valence-electron chi connectivity index (χ2n) is 3.01. The van der Waals surface area contributed by atoms with E-state index in [1.807, 2.05) is 0 Å². The molecule has 0 radical (unpaired) electrons. The molecule has 0 amide bonds. The molecule has 0 spiro atoms. The summed E-state index contributed by atoms with van der Waals surface area (Å²) in [6.07, 6.45) is 0. The molecule has 2 heterocycles. The maximum absolute atomic E-state index is 9.24. The molecule has 1 aromatic carbocycles. The Morgan fingerprint density at radius 2 is 1.73 bits per heavy atom. The van der Waals surface area contributed by atoms with E-state index in [0.717, 1.165) is 0 Å². The standard InChI is InChI=1S/C8H5N5O2/c14-7-8(15)10-5-3(9-7)1-2-4-6(5)12-13-11-4/h1-2H,(H,9,14)(H,10,15)(H,11,12,13). The minimum absolute atomic E-state index is 0.424. The zero-order valence-electron chi connectivity index (χ0n) is 7.34. The Bertz CT molecular complexity index is 662. The lowest BCUT2D eigenvalue weighted by Gasteiger charge is -1.99. The third kappa shape index (κ3) is 0.997. The van der Waals surface area contributed by atoms with Crippen LogP contribution in [0, 0.1) is 0 Å². The molecular formula is C8H5N5O2. The van der Waals surface area contributed by atoms with Gasteiger partial charge in [-0.05, 0) is 12.1 Å². The first-order valence-corrected chi connectivity index (χ1v) is 4.15. The lowest BCUT2D eigenvalue weighted by molar-refractivity contribution is 0.378. The number of H-pyrrole nitrogens is 1. The van der Waals surface area contributed by atoms with Crippen LogP contribution in [0.2, 0.25) is 0 Å². The van der Waals surface area contributed by atoms with Crippen molar-refractivity contribution in [3.63, 3.8) is 0 Å². The fraction of sp³-hybridized carbons (Fsp3) is 0. The average Bonchev–Trinajstić information content (AvgIpc) is 2.68. The summed E-state index contributed by atoms with van der Waals surface area (Å²) in [5.41, 5.74) is 2.09. The van der Waals surface area contributed by atoms with Gasteiger partial charge < -0.3 is 10.2 Å². The van der Waals surface area contributed by atoms with Gasteiger partial charge in [-0.2, -0.15) is 0 Å². The van der Waals surface area contributed by atoms with Gasteiger partial charge >= 0.3 is 0 Å². The van der Waals surface area contributed by atoms with E-state index >= 15 is 0 Å². The molecule has 2 aromatic heterocycles. The Morgan fingerprint density at radius 1 is 1.00 bits per heavy atom. The van der Waals surface area contributed by atoms with E-state index in [1.165, 1.54) is 0 Å². The number of nitrogens with zero attached hydrogens (tertiary/aromatic N) is 4. The zero-order chi connectivity index (χ0) is 10.4. The van der Waals surface area contributed by atoms with Crippen molar-refractivity contribution in [2.24, 2.45) is 0 Å². The molecule has 7 nitrogen and oxygen atoms in total. The van der Waals surface area contributed by atoms with Crippen LogP contribution in [0.25, 0.3) is 22.1 Å². The number of fused-ring (bicyclic) bond motifs is 3. The SMILES string of the molecule is Oc1nc2ccc3nn[nH]c3c2nc1O. The number of aromatic amines is 1. The van der Waals surface area contributed by atoms with E-state index in [4.69, 9.17) is 0 Å². The Hall–Kier alpha value is -2.44. The fourth-order valence-corrected chi connectivity index (χ4v) is 1.42. The van der Waals surface area contributed by atoms with Gasteiger partial charge in [-0.3, -0.25) is 5.10 Å². The lowest BCUT2D eigenvalue weighted by Crippen LogP contribution is -1.86. The van der Waals surface area contributed by atoms with Crippen molar-refractivity contribution >= 4 is 22.1 Å². The molecular weight excluding hydrogens is 198 g/mol. The third-order valence-electron chi connectivity index (χ3n) is 2.10. The lowest BCUT2D eigenvalue weighted by atomic mass is 10.2. The second-order valence-corrected chi connectivity index (χ2v) is 3.01. The first-order valence-electron chi connectivity index (χ1n) is 4.15. The molecule has 74 valence electrons. The summed E-state index contributed by atoms with van der Waals surface area (Å²) in [6, 6.07) is 3.35. The molecule has 0 saturated carbocycles. The fourth-order valence-electron chi connectivity index (χ4n) is 1.42. The Balaban J connectivity index is 2.57. The maximum atomic E-state index is 9.24. The predicted molar refractivity (Wildman–Crippen MR) is 50.3 cm³/mol. The third-order valence-corrected chi connectivity index (χ3v) is 2.10. The molecule has 3 N–H and O–H groups in total. The van der Waals surface area contributed by atoms with Gasteiger partial charge in [0.15, 0.2) is 0 Å². The summed E-state index contributed by atoms with van der Waals surface area (Å²) in [6.45, 7) is 0. The molecule has 7 heteroatoms. The molecule has 0 fully saturated rings. The first-order chi connectivity index (χ1) is 7.25. The van der Waals surface area contributed by atoms with E-state index in [-0.39, 0.29) is 0 Å². The van der Waals surface area contributed by atoms with Crippen molar-refractivity contribution in [3.8, 4) is 11.8 Å². The summed E-state index contributed by atoms with van der Waals surface area (Å²) in [5, 5.41) is 28.5. The number of hydrogen-bond donors (Lipinski definition) is 3. The number of nitrogens with one attached hydrogen (secondary N) is 1. The van der Waals surface area contributed by atoms with Crippen LogP contribution < -0.4 is 0 Å². The summed E-state index contributed by atoms with van der Waals surface area (Å²) in [4.78, 5) is 7.58. The van der Waals surface area contributed by atoms with Crippen molar-refractivity contribution in [2.75, 3.05) is 0 Å². The van der Waals surface area contributed by atoms with Gasteiger partial charge in [0, 0.05) is 0 Å². The normalized spacial score (nSPS) is 11.2. The minimum Gasteiger partial charge on any atom is -0.489 e. The van der Waals surface area contributed by atoms with Crippen molar-refractivity contribution in [1.82, 2.24) is 25.4 Å². The van der Waals surface area contributed by atoms with Crippen molar-refractivity contribution in [3.05, 3.63) is 12.1 Å². The second kappa shape index (κ2) is 2.53. The molecule has 0 bridgehead atoms. The van der Waals surface area contributed by atoms with E-state index in [2.05, 4.69) is 25.4 Å². The number of hydrogen-bond acceptors (Lipinski definition) is 6. The Labute approximate surface area is 82.4 Å². The highest BCUT2D eigenvalue weighted by molar-refractivity contribution is 5.99. The van der Waals surface area contributed by atoms with Crippen LogP contribution in [-0.2, 0) is 0 Å². The molecule has 0 aliphatic heterocycles. The van der Waals surface area contributed by atoms with Crippen LogP contribution in [0.5, 0.6) is 11.8 Å². The largest absolute Gasteiger partial charge is 0.489 e. The van der Waals surface area contributed by atoms with Gasteiger partial charge in [0.2, 0.25) is 0 Å². The average molecular weight is 203 g/mol. The summed E-state index contributed by atoms with van der Waals surface area (Å²) < 4.78 is 0. The minimum atomic E-state index is -0.510. The highest BCUT2D eigenvalue weighted by Gasteiger charge is 2.10. The topological polar surface area (TPSA) is 108 Å². The zero-order valence-corrected chi connectivity index (χ0v) is 7.34. The highest BCUT2D eigenvalue weighted by atomic mass is 16.3. The van der Waals surface area contributed by atoms with Gasteiger partial charge in [-0.1, -0.05) is 5.21 Å². The van der Waals surface area contributed by atoms with Crippen LogP contribution in [0.1, 0.15) is 0 Å². The van der Waals surface area contributed by atoms with Gasteiger partial charge in [0.05, 0.1) is 5.52 Å². The van der Waals surface area contributed by atoms with Crippen LogP contribution in [0.3, 0.4) is 0 Å². The Kier molecular flexibility index (Phi) is 1.34.